The Balaban J connectivity index is 1.87. The van der Waals surface area contributed by atoms with Gasteiger partial charge in [-0.15, -0.1) is 11.3 Å². The summed E-state index contributed by atoms with van der Waals surface area (Å²) in [5.74, 6) is -1.01. The quantitative estimate of drug-likeness (QED) is 0.195. The van der Waals surface area contributed by atoms with Crippen LogP contribution in [0.5, 0.6) is 0 Å². The van der Waals surface area contributed by atoms with Crippen molar-refractivity contribution in [2.24, 2.45) is 5.16 Å². The molecular formula is C23H34N6O7S. The lowest BCUT2D eigenvalue weighted by Gasteiger charge is -2.45. The highest BCUT2D eigenvalue weighted by atomic mass is 32.1. The number of carbonyl (C=O) groups excluding carboxylic acids is 3. The van der Waals surface area contributed by atoms with Gasteiger partial charge in [-0.05, 0) is 54.4 Å². The number of hydrogen-bond donors (Lipinski definition) is 3. The summed E-state index contributed by atoms with van der Waals surface area (Å²) in [6.07, 6.45) is 1.53. The number of carboxylic acid groups (broad SMARTS) is 1. The molecule has 0 saturated carbocycles. The fourth-order valence-corrected chi connectivity index (χ4v) is 4.44. The van der Waals surface area contributed by atoms with Crippen LogP contribution < -0.4 is 15.5 Å². The first-order chi connectivity index (χ1) is 17.2. The first-order valence-corrected chi connectivity index (χ1v) is 12.8. The van der Waals surface area contributed by atoms with Crippen LogP contribution in [-0.2, 0) is 24.0 Å². The van der Waals surface area contributed by atoms with Crippen LogP contribution >= 0.6 is 11.3 Å². The van der Waals surface area contributed by atoms with E-state index < -0.39 is 35.3 Å². The molecule has 13 nitrogen and oxygen atoms in total. The Morgan fingerprint density at radius 3 is 2.59 bits per heavy atom. The Bertz CT molecular complexity index is 1080. The van der Waals surface area contributed by atoms with Crippen LogP contribution in [0.2, 0.25) is 0 Å². The van der Waals surface area contributed by atoms with Gasteiger partial charge >= 0.3 is 12.1 Å². The van der Waals surface area contributed by atoms with Gasteiger partial charge in [-0.3, -0.25) is 19.8 Å². The van der Waals surface area contributed by atoms with Crippen molar-refractivity contribution in [1.82, 2.24) is 15.2 Å². The van der Waals surface area contributed by atoms with Crippen molar-refractivity contribution in [3.05, 3.63) is 5.38 Å². The number of oxime groups is 1. The van der Waals surface area contributed by atoms with Crippen molar-refractivity contribution < 1.29 is 33.9 Å². The third-order valence-corrected chi connectivity index (χ3v) is 6.46. The second kappa shape index (κ2) is 10.9. The zero-order valence-corrected chi connectivity index (χ0v) is 22.7. The molecule has 2 aliphatic rings. The fraction of sp³-hybridized carbons (Fsp3) is 0.652. The van der Waals surface area contributed by atoms with E-state index in [-0.39, 0.29) is 22.8 Å². The van der Waals surface area contributed by atoms with Crippen molar-refractivity contribution in [1.29, 1.82) is 0 Å². The van der Waals surface area contributed by atoms with E-state index in [0.717, 1.165) is 24.2 Å². The zero-order valence-electron chi connectivity index (χ0n) is 21.9. The average molecular weight is 539 g/mol. The van der Waals surface area contributed by atoms with E-state index in [0.29, 0.717) is 25.3 Å². The molecule has 0 unspecified atom stereocenters. The maximum atomic E-state index is 12.8. The molecule has 1 aromatic rings. The third-order valence-electron chi connectivity index (χ3n) is 5.71. The summed E-state index contributed by atoms with van der Waals surface area (Å²) in [5.41, 5.74) is -2.31. The van der Waals surface area contributed by atoms with Crippen LogP contribution in [-0.4, -0.2) is 81.1 Å². The number of anilines is 2. The Labute approximate surface area is 219 Å². The monoisotopic (exact) mass is 538 g/mol. The molecule has 3 amide bonds. The largest absolute Gasteiger partial charge is 0.478 e. The van der Waals surface area contributed by atoms with E-state index in [1.807, 2.05) is 0 Å². The summed E-state index contributed by atoms with van der Waals surface area (Å²) >= 11 is 1.12. The average Bonchev–Trinajstić information content (AvgIpc) is 3.23. The normalized spacial score (nSPS) is 20.6. The van der Waals surface area contributed by atoms with Crippen LogP contribution in [0.1, 0.15) is 60.8 Å². The van der Waals surface area contributed by atoms with E-state index in [1.165, 1.54) is 18.7 Å². The number of nitrogens with zero attached hydrogens (tertiary/aromatic N) is 4. The summed E-state index contributed by atoms with van der Waals surface area (Å²) in [7, 11) is 0. The van der Waals surface area contributed by atoms with Gasteiger partial charge in [0.2, 0.25) is 17.4 Å². The van der Waals surface area contributed by atoms with E-state index in [1.54, 1.807) is 38.0 Å². The Morgan fingerprint density at radius 1 is 1.30 bits per heavy atom. The molecule has 0 spiro atoms. The van der Waals surface area contributed by atoms with Crippen LogP contribution in [0, 0.1) is 0 Å². The van der Waals surface area contributed by atoms with E-state index in [4.69, 9.17) is 9.57 Å². The standard InChI is InChI=1S/C23H34N6O7S/c1-13(27-36-23(5,6)19(32)33)29(15-12-37-20(25-15)26-21(34)35-22(2,3)4)17-14(24-18(17)31)11-28-10-8-7-9-16(28)30/h12,14,17H,7-11H2,1-6H3,(H,24,31)(H,32,33)(H,25,26,34)/b27-13-/t14-,17+/m1/s1. The van der Waals surface area contributed by atoms with E-state index in [2.05, 4.69) is 20.8 Å². The van der Waals surface area contributed by atoms with Gasteiger partial charge in [-0.25, -0.2) is 14.6 Å². The maximum absolute atomic E-state index is 12.8. The molecule has 2 aliphatic heterocycles. The first-order valence-electron chi connectivity index (χ1n) is 12.0. The molecular weight excluding hydrogens is 504 g/mol. The van der Waals surface area contributed by atoms with Crippen molar-refractivity contribution in [3.63, 3.8) is 0 Å². The SMILES string of the molecule is C/C(=N/OC(C)(C)C(=O)O)N(c1csc(NC(=O)OC(C)(C)C)n1)[C@@H]1C(=O)N[C@@H]1CN1CCCCC1=O. The van der Waals surface area contributed by atoms with Gasteiger partial charge < -0.3 is 24.9 Å². The molecule has 0 bridgehead atoms. The molecule has 2 atom stereocenters. The fourth-order valence-electron chi connectivity index (χ4n) is 3.77. The van der Waals surface area contributed by atoms with Gasteiger partial charge in [0, 0.05) is 24.9 Å². The highest BCUT2D eigenvalue weighted by Gasteiger charge is 2.47. The summed E-state index contributed by atoms with van der Waals surface area (Å²) in [6, 6.07) is -1.21. The number of aromatic nitrogens is 1. The van der Waals surface area contributed by atoms with Gasteiger partial charge in [0.1, 0.15) is 23.3 Å². The lowest BCUT2D eigenvalue weighted by atomic mass is 9.95. The van der Waals surface area contributed by atoms with E-state index >= 15 is 0 Å². The molecule has 37 heavy (non-hydrogen) atoms. The second-order valence-electron chi connectivity index (χ2n) is 10.4. The number of ether oxygens (including phenoxy) is 1. The number of aliphatic carboxylic acids is 1. The number of carbonyl (C=O) groups is 4. The number of nitrogens with one attached hydrogen (secondary N) is 2. The Kier molecular flexibility index (Phi) is 8.30. The summed E-state index contributed by atoms with van der Waals surface area (Å²) in [5, 5.41) is 20.6. The first kappa shape index (κ1) is 28.2. The van der Waals surface area contributed by atoms with Crippen LogP contribution in [0.3, 0.4) is 0 Å². The molecule has 0 aliphatic carbocycles. The lowest BCUT2D eigenvalue weighted by Crippen LogP contribution is -2.73. The number of β-lactam (4-membered cyclic amide) rings is 1. The third kappa shape index (κ3) is 7.08. The predicted molar refractivity (Wildman–Crippen MR) is 137 cm³/mol. The number of amidine groups is 1. The van der Waals surface area contributed by atoms with Crippen molar-refractivity contribution >= 4 is 52.0 Å². The van der Waals surface area contributed by atoms with Gasteiger partial charge in [-0.2, -0.15) is 0 Å². The number of rotatable bonds is 8. The molecule has 1 aromatic heterocycles. The molecule has 14 heteroatoms. The highest BCUT2D eigenvalue weighted by molar-refractivity contribution is 7.14. The topological polar surface area (TPSA) is 163 Å². The molecule has 3 rings (SSSR count). The van der Waals surface area contributed by atoms with Gasteiger partial charge in [-0.1, -0.05) is 5.16 Å². The molecule has 3 heterocycles. The number of carboxylic acids is 1. The van der Waals surface area contributed by atoms with Crippen molar-refractivity contribution in [2.75, 3.05) is 23.3 Å². The molecule has 204 valence electrons. The van der Waals surface area contributed by atoms with E-state index in [9.17, 15) is 24.3 Å². The minimum atomic E-state index is -1.61. The maximum Gasteiger partial charge on any atom is 0.413 e. The molecule has 2 fully saturated rings. The van der Waals surface area contributed by atoms with Crippen molar-refractivity contribution in [2.45, 2.75) is 84.1 Å². The highest BCUT2D eigenvalue weighted by Crippen LogP contribution is 2.29. The minimum absolute atomic E-state index is 0.0344. The lowest BCUT2D eigenvalue weighted by molar-refractivity contribution is -0.161. The Morgan fingerprint density at radius 2 is 2.00 bits per heavy atom. The summed E-state index contributed by atoms with van der Waals surface area (Å²) < 4.78 is 5.27. The van der Waals surface area contributed by atoms with Crippen LogP contribution in [0.4, 0.5) is 15.7 Å². The number of amides is 3. The second-order valence-corrected chi connectivity index (χ2v) is 11.3. The minimum Gasteiger partial charge on any atom is -0.478 e. The molecule has 2 saturated heterocycles. The van der Waals surface area contributed by atoms with Crippen molar-refractivity contribution in [3.8, 4) is 0 Å². The summed E-state index contributed by atoms with van der Waals surface area (Å²) in [6.45, 7) is 10.4. The van der Waals surface area contributed by atoms with Crippen LogP contribution in [0.15, 0.2) is 10.5 Å². The predicted octanol–water partition coefficient (Wildman–Crippen LogP) is 2.39. The smallest absolute Gasteiger partial charge is 0.413 e. The van der Waals surface area contributed by atoms with Gasteiger partial charge in [0.25, 0.3) is 0 Å². The number of piperidine rings is 1. The Hall–Kier alpha value is -3.42. The zero-order chi connectivity index (χ0) is 27.5. The number of hydrogen-bond acceptors (Lipinski definition) is 9. The van der Waals surface area contributed by atoms with Gasteiger partial charge in [0.05, 0.1) is 6.04 Å². The molecule has 3 N–H and O–H groups in total. The van der Waals surface area contributed by atoms with Gasteiger partial charge in [0.15, 0.2) is 5.13 Å². The summed E-state index contributed by atoms with van der Waals surface area (Å²) in [4.78, 5) is 61.7. The molecule has 0 aromatic carbocycles. The molecule has 0 radical (unpaired) electrons. The van der Waals surface area contributed by atoms with Crippen LogP contribution in [0.25, 0.3) is 0 Å². The number of likely N-dealkylation sites (tertiary alicyclic amines) is 1. The number of thiazole rings is 1.